The number of fused-ring (bicyclic) bond motifs is 1. The van der Waals surface area contributed by atoms with E-state index in [1.54, 1.807) is 12.1 Å². The van der Waals surface area contributed by atoms with Gasteiger partial charge in [-0.3, -0.25) is 9.79 Å². The number of amidine groups is 1. The summed E-state index contributed by atoms with van der Waals surface area (Å²) in [6, 6.07) is 8.91. The van der Waals surface area contributed by atoms with Crippen molar-refractivity contribution >= 4 is 35.0 Å². The van der Waals surface area contributed by atoms with Gasteiger partial charge in [-0.2, -0.15) is 13.2 Å². The van der Waals surface area contributed by atoms with Gasteiger partial charge in [-0.15, -0.1) is 0 Å². The second-order valence-corrected chi connectivity index (χ2v) is 11.1. The average molecular weight is 572 g/mol. The third kappa shape index (κ3) is 5.39. The number of alkyl halides is 3. The Hall–Kier alpha value is -3.59. The number of hydrogen-bond donors (Lipinski definition) is 2. The van der Waals surface area contributed by atoms with E-state index in [2.05, 4.69) is 5.32 Å². The lowest BCUT2D eigenvalue weighted by Crippen LogP contribution is -2.51. The maximum absolute atomic E-state index is 14.1. The standard InChI is InChI=1S/C30H29ClF3N3O3/c1-29-16-6-5-9-24(29)37(26(36-29)19-10-13-21(31)14-11-19)25(18-7-3-2-4-8-18)27(38)35-23-15-12-20(28(39)40)17-22(23)30(32,33)34/h5-6,9-15,17-18,25H,2-4,7-8,16H2,1H3,(H,35,38)(H,39,40)/t25-,29?/m0/s1. The van der Waals surface area contributed by atoms with Gasteiger partial charge in [0.1, 0.15) is 17.4 Å². The molecule has 2 atom stereocenters. The Morgan fingerprint density at radius 1 is 1.12 bits per heavy atom. The summed E-state index contributed by atoms with van der Waals surface area (Å²) in [7, 11) is 0. The van der Waals surface area contributed by atoms with Crippen LogP contribution in [0.5, 0.6) is 0 Å². The Kier molecular flexibility index (Phi) is 7.52. The van der Waals surface area contributed by atoms with Crippen LogP contribution in [0.15, 0.2) is 71.4 Å². The van der Waals surface area contributed by atoms with E-state index in [4.69, 9.17) is 16.6 Å². The maximum Gasteiger partial charge on any atom is 0.418 e. The first-order valence-electron chi connectivity index (χ1n) is 13.3. The molecule has 2 aliphatic carbocycles. The minimum Gasteiger partial charge on any atom is -0.478 e. The quantitative estimate of drug-likeness (QED) is 0.381. The number of anilines is 1. The molecule has 1 fully saturated rings. The van der Waals surface area contributed by atoms with Gasteiger partial charge in [0, 0.05) is 16.3 Å². The highest BCUT2D eigenvalue weighted by molar-refractivity contribution is 6.30. The molecule has 2 aromatic rings. The zero-order chi connectivity index (χ0) is 28.7. The molecule has 5 rings (SSSR count). The largest absolute Gasteiger partial charge is 0.478 e. The van der Waals surface area contributed by atoms with Crippen LogP contribution in [0.4, 0.5) is 18.9 Å². The molecule has 1 heterocycles. The van der Waals surface area contributed by atoms with Gasteiger partial charge in [-0.05, 0) is 80.6 Å². The molecule has 2 N–H and O–H groups in total. The summed E-state index contributed by atoms with van der Waals surface area (Å²) >= 11 is 6.14. The number of halogens is 4. The number of carbonyl (C=O) groups is 2. The highest BCUT2D eigenvalue weighted by Gasteiger charge is 2.48. The van der Waals surface area contributed by atoms with E-state index in [-0.39, 0.29) is 5.92 Å². The van der Waals surface area contributed by atoms with Gasteiger partial charge in [0.15, 0.2) is 0 Å². The Balaban J connectivity index is 1.60. The summed E-state index contributed by atoms with van der Waals surface area (Å²) in [6.07, 6.45) is 5.91. The van der Waals surface area contributed by atoms with Crippen molar-refractivity contribution in [2.24, 2.45) is 10.9 Å². The molecule has 0 aromatic heterocycles. The van der Waals surface area contributed by atoms with Crippen molar-refractivity contribution < 1.29 is 27.9 Å². The van der Waals surface area contributed by atoms with Gasteiger partial charge in [-0.1, -0.05) is 43.0 Å². The summed E-state index contributed by atoms with van der Waals surface area (Å²) in [5.41, 5.74) is -1.29. The summed E-state index contributed by atoms with van der Waals surface area (Å²) in [6.45, 7) is 1.99. The van der Waals surface area contributed by atoms with Crippen molar-refractivity contribution in [1.29, 1.82) is 0 Å². The number of allylic oxidation sites excluding steroid dienone is 2. The number of nitrogens with one attached hydrogen (secondary N) is 1. The third-order valence-electron chi connectivity index (χ3n) is 7.87. The van der Waals surface area contributed by atoms with Gasteiger partial charge in [0.05, 0.1) is 16.8 Å². The topological polar surface area (TPSA) is 82.0 Å². The average Bonchev–Trinajstić information content (AvgIpc) is 3.22. The lowest BCUT2D eigenvalue weighted by Gasteiger charge is -2.40. The van der Waals surface area contributed by atoms with Crippen LogP contribution in [0, 0.1) is 5.92 Å². The molecular weight excluding hydrogens is 543 g/mol. The smallest absolute Gasteiger partial charge is 0.418 e. The molecular formula is C30H29ClF3N3O3. The van der Waals surface area contributed by atoms with Crippen LogP contribution < -0.4 is 5.32 Å². The molecule has 3 aliphatic rings. The first-order valence-corrected chi connectivity index (χ1v) is 13.6. The zero-order valence-electron chi connectivity index (χ0n) is 21.8. The number of nitrogens with zero attached hydrogens (tertiary/aromatic N) is 2. The Labute approximate surface area is 235 Å². The molecule has 1 saturated carbocycles. The van der Waals surface area contributed by atoms with Gasteiger partial charge >= 0.3 is 12.1 Å². The molecule has 210 valence electrons. The van der Waals surface area contributed by atoms with Gasteiger partial charge in [-0.25, -0.2) is 4.79 Å². The van der Waals surface area contributed by atoms with Crippen molar-refractivity contribution in [3.63, 3.8) is 0 Å². The number of benzene rings is 2. The van der Waals surface area contributed by atoms with Crippen LogP contribution in [0.3, 0.4) is 0 Å². The van der Waals surface area contributed by atoms with Gasteiger partial charge in [0.25, 0.3) is 0 Å². The fourth-order valence-corrected chi connectivity index (χ4v) is 6.01. The van der Waals surface area contributed by atoms with Crippen molar-refractivity contribution in [1.82, 2.24) is 4.90 Å². The van der Waals surface area contributed by atoms with Crippen molar-refractivity contribution in [2.75, 3.05) is 5.32 Å². The van der Waals surface area contributed by atoms with Crippen LogP contribution in [-0.2, 0) is 11.0 Å². The number of rotatable bonds is 6. The normalized spacial score (nSPS) is 21.9. The van der Waals surface area contributed by atoms with E-state index < -0.39 is 46.4 Å². The molecule has 0 bridgehead atoms. The van der Waals surface area contributed by atoms with Crippen LogP contribution >= 0.6 is 11.6 Å². The minimum absolute atomic E-state index is 0.131. The lowest BCUT2D eigenvalue weighted by molar-refractivity contribution is -0.137. The van der Waals surface area contributed by atoms with Gasteiger partial charge in [0.2, 0.25) is 5.91 Å². The second kappa shape index (κ2) is 10.8. The van der Waals surface area contributed by atoms with Crippen LogP contribution in [0.25, 0.3) is 0 Å². The summed E-state index contributed by atoms with van der Waals surface area (Å²) < 4.78 is 42.0. The number of hydrogen-bond acceptors (Lipinski definition) is 4. The molecule has 2 aromatic carbocycles. The number of amides is 1. The zero-order valence-corrected chi connectivity index (χ0v) is 22.6. The van der Waals surface area contributed by atoms with Crippen molar-refractivity contribution in [2.45, 2.75) is 63.2 Å². The third-order valence-corrected chi connectivity index (χ3v) is 8.13. The van der Waals surface area contributed by atoms with E-state index in [0.717, 1.165) is 55.5 Å². The van der Waals surface area contributed by atoms with Crippen LogP contribution in [-0.4, -0.2) is 39.3 Å². The highest BCUT2D eigenvalue weighted by atomic mass is 35.5. The number of carbonyl (C=O) groups excluding carboxylic acids is 1. The van der Waals surface area contributed by atoms with E-state index in [0.29, 0.717) is 23.3 Å². The Bertz CT molecular complexity index is 1410. The Morgan fingerprint density at radius 2 is 1.82 bits per heavy atom. The molecule has 1 aliphatic heterocycles. The number of carboxylic acids is 1. The molecule has 0 saturated heterocycles. The maximum atomic E-state index is 14.1. The second-order valence-electron chi connectivity index (χ2n) is 10.7. The highest BCUT2D eigenvalue weighted by Crippen LogP contribution is 2.44. The van der Waals surface area contributed by atoms with Crippen LogP contribution in [0.2, 0.25) is 5.02 Å². The van der Waals surface area contributed by atoms with E-state index in [9.17, 15) is 27.9 Å². The van der Waals surface area contributed by atoms with Crippen molar-refractivity contribution in [3.8, 4) is 0 Å². The molecule has 1 amide bonds. The van der Waals surface area contributed by atoms with Gasteiger partial charge < -0.3 is 15.3 Å². The predicted octanol–water partition coefficient (Wildman–Crippen LogP) is 7.31. The molecule has 1 unspecified atom stereocenters. The molecule has 0 spiro atoms. The van der Waals surface area contributed by atoms with E-state index in [1.807, 2.05) is 42.2 Å². The number of carboxylic acid groups (broad SMARTS) is 1. The Morgan fingerprint density at radius 3 is 2.48 bits per heavy atom. The summed E-state index contributed by atoms with van der Waals surface area (Å²) in [5.74, 6) is -1.65. The first-order chi connectivity index (χ1) is 19.0. The minimum atomic E-state index is -4.87. The SMILES string of the molecule is CC12CC=CC=C1N([C@H](C(=O)Nc1ccc(C(=O)O)cc1C(F)(F)F)C1CCCCC1)C(c1ccc(Cl)cc1)=N2. The monoisotopic (exact) mass is 571 g/mol. The van der Waals surface area contributed by atoms with Crippen LogP contribution in [0.1, 0.15) is 66.9 Å². The fourth-order valence-electron chi connectivity index (χ4n) is 5.89. The first kappa shape index (κ1) is 28.0. The number of aliphatic imine (C=N–C) groups is 1. The predicted molar refractivity (Wildman–Crippen MR) is 147 cm³/mol. The van der Waals surface area contributed by atoms with E-state index in [1.165, 1.54) is 0 Å². The number of aromatic carboxylic acids is 1. The fraction of sp³-hybridized carbons (Fsp3) is 0.367. The van der Waals surface area contributed by atoms with E-state index >= 15 is 0 Å². The summed E-state index contributed by atoms with van der Waals surface area (Å²) in [5, 5.41) is 12.3. The molecule has 10 heteroatoms. The molecule has 40 heavy (non-hydrogen) atoms. The lowest BCUT2D eigenvalue weighted by atomic mass is 9.81. The van der Waals surface area contributed by atoms with Crippen molar-refractivity contribution in [3.05, 3.63) is 88.1 Å². The molecule has 0 radical (unpaired) electrons. The summed E-state index contributed by atoms with van der Waals surface area (Å²) in [4.78, 5) is 32.5. The molecule has 6 nitrogen and oxygen atoms in total.